The van der Waals surface area contributed by atoms with Crippen molar-refractivity contribution in [3.8, 4) is 22.6 Å². The molecule has 0 saturated carbocycles. The molecule has 0 spiro atoms. The summed E-state index contributed by atoms with van der Waals surface area (Å²) in [5, 5.41) is 0. The second-order valence-electron chi connectivity index (χ2n) is 8.00. The van der Waals surface area contributed by atoms with E-state index >= 15 is 0 Å². The van der Waals surface area contributed by atoms with E-state index < -0.39 is 0 Å². The maximum atomic E-state index is 13.2. The van der Waals surface area contributed by atoms with Crippen LogP contribution in [-0.2, 0) is 0 Å². The lowest BCUT2D eigenvalue weighted by Crippen LogP contribution is -2.39. The number of hydrogen-bond acceptors (Lipinski definition) is 6. The van der Waals surface area contributed by atoms with Crippen LogP contribution in [0.25, 0.3) is 11.1 Å². The molecule has 1 atom stereocenters. The molecule has 0 N–H and O–H groups in total. The lowest BCUT2D eigenvalue weighted by Gasteiger charge is -2.33. The van der Waals surface area contributed by atoms with Gasteiger partial charge in [-0.3, -0.25) is 9.78 Å². The molecule has 7 nitrogen and oxygen atoms in total. The summed E-state index contributed by atoms with van der Waals surface area (Å²) in [6.45, 7) is 4.43. The van der Waals surface area contributed by atoms with Crippen LogP contribution in [0.1, 0.15) is 40.5 Å². The molecule has 5 rings (SSSR count). The molecule has 3 aromatic rings. The van der Waals surface area contributed by atoms with Crippen molar-refractivity contribution in [3.05, 3.63) is 66.0 Å². The Kier molecular flexibility index (Phi) is 5.24. The standard InChI is InChI=1S/C24H24N4O3/c1-16-9-19(20-12-25-15-26-13-20)10-21(27-16)18-3-2-6-28(14-18)24(29)17-4-5-22-23(11-17)31-8-7-30-22/h4-5,9-13,15,18H,2-3,6-8,14H2,1H3. The van der Waals surface area contributed by atoms with Crippen molar-refractivity contribution < 1.29 is 14.3 Å². The first-order chi connectivity index (χ1) is 15.2. The van der Waals surface area contributed by atoms with E-state index in [2.05, 4.69) is 16.0 Å². The highest BCUT2D eigenvalue weighted by molar-refractivity contribution is 5.95. The predicted molar refractivity (Wildman–Crippen MR) is 115 cm³/mol. The van der Waals surface area contributed by atoms with E-state index in [0.717, 1.165) is 41.9 Å². The first kappa shape index (κ1) is 19.5. The number of carbonyl (C=O) groups is 1. The van der Waals surface area contributed by atoms with Crippen LogP contribution in [0.5, 0.6) is 11.5 Å². The molecule has 1 fully saturated rings. The molecular formula is C24H24N4O3. The Morgan fingerprint density at radius 2 is 1.84 bits per heavy atom. The van der Waals surface area contributed by atoms with Crippen molar-refractivity contribution in [1.82, 2.24) is 19.9 Å². The second kappa shape index (κ2) is 8.34. The number of aromatic nitrogens is 3. The van der Waals surface area contributed by atoms with E-state index in [1.165, 1.54) is 6.33 Å². The van der Waals surface area contributed by atoms with Gasteiger partial charge in [0.15, 0.2) is 11.5 Å². The minimum atomic E-state index is 0.0195. The summed E-state index contributed by atoms with van der Waals surface area (Å²) in [6, 6.07) is 9.58. The summed E-state index contributed by atoms with van der Waals surface area (Å²) in [5.41, 5.74) is 4.61. The van der Waals surface area contributed by atoms with Crippen LogP contribution in [0.3, 0.4) is 0 Å². The highest BCUT2D eigenvalue weighted by Crippen LogP contribution is 2.33. The van der Waals surface area contributed by atoms with Crippen LogP contribution in [-0.4, -0.2) is 52.1 Å². The number of ether oxygens (including phenoxy) is 2. The number of fused-ring (bicyclic) bond motifs is 1. The van der Waals surface area contributed by atoms with Gasteiger partial charge in [0.25, 0.3) is 5.91 Å². The van der Waals surface area contributed by atoms with Crippen molar-refractivity contribution in [2.24, 2.45) is 0 Å². The summed E-state index contributed by atoms with van der Waals surface area (Å²) in [5.74, 6) is 1.55. The van der Waals surface area contributed by atoms with Crippen LogP contribution in [0, 0.1) is 6.92 Å². The Morgan fingerprint density at radius 1 is 1.03 bits per heavy atom. The summed E-state index contributed by atoms with van der Waals surface area (Å²) >= 11 is 0. The van der Waals surface area contributed by atoms with Gasteiger partial charge >= 0.3 is 0 Å². The molecule has 158 valence electrons. The van der Waals surface area contributed by atoms with Gasteiger partial charge in [-0.2, -0.15) is 0 Å². The molecule has 4 heterocycles. The minimum Gasteiger partial charge on any atom is -0.486 e. The summed E-state index contributed by atoms with van der Waals surface area (Å²) in [4.78, 5) is 28.2. The molecule has 31 heavy (non-hydrogen) atoms. The van der Waals surface area contributed by atoms with Gasteiger partial charge in [0, 0.05) is 53.9 Å². The van der Waals surface area contributed by atoms with Gasteiger partial charge in [0.1, 0.15) is 19.5 Å². The van der Waals surface area contributed by atoms with Crippen molar-refractivity contribution in [2.45, 2.75) is 25.7 Å². The Labute approximate surface area is 181 Å². The number of aryl methyl sites for hydroxylation is 1. The zero-order chi connectivity index (χ0) is 21.2. The van der Waals surface area contributed by atoms with Crippen LogP contribution in [0.2, 0.25) is 0 Å². The molecule has 1 unspecified atom stereocenters. The zero-order valence-corrected chi connectivity index (χ0v) is 17.5. The third-order valence-electron chi connectivity index (χ3n) is 5.78. The van der Waals surface area contributed by atoms with Crippen LogP contribution in [0.4, 0.5) is 0 Å². The van der Waals surface area contributed by atoms with E-state index in [4.69, 9.17) is 14.5 Å². The summed E-state index contributed by atoms with van der Waals surface area (Å²) in [7, 11) is 0. The maximum Gasteiger partial charge on any atom is 0.254 e. The number of rotatable bonds is 3. The van der Waals surface area contributed by atoms with Crippen LogP contribution in [0.15, 0.2) is 49.1 Å². The number of likely N-dealkylation sites (tertiary alicyclic amines) is 1. The molecule has 7 heteroatoms. The van der Waals surface area contributed by atoms with Crippen molar-refractivity contribution >= 4 is 5.91 Å². The molecular weight excluding hydrogens is 392 g/mol. The van der Waals surface area contributed by atoms with Gasteiger partial charge in [-0.15, -0.1) is 0 Å². The molecule has 1 aromatic carbocycles. The third-order valence-corrected chi connectivity index (χ3v) is 5.78. The molecule has 1 amide bonds. The van der Waals surface area contributed by atoms with Gasteiger partial charge in [-0.1, -0.05) is 0 Å². The molecule has 0 aliphatic carbocycles. The van der Waals surface area contributed by atoms with Crippen molar-refractivity contribution in [1.29, 1.82) is 0 Å². The normalized spacial score (nSPS) is 18.0. The molecule has 0 bridgehead atoms. The lowest BCUT2D eigenvalue weighted by molar-refractivity contribution is 0.0705. The first-order valence-corrected chi connectivity index (χ1v) is 10.6. The zero-order valence-electron chi connectivity index (χ0n) is 17.5. The summed E-state index contributed by atoms with van der Waals surface area (Å²) < 4.78 is 11.2. The average Bonchev–Trinajstić information content (AvgIpc) is 2.83. The predicted octanol–water partition coefficient (Wildman–Crippen LogP) is 3.64. The topological polar surface area (TPSA) is 77.4 Å². The fourth-order valence-corrected chi connectivity index (χ4v) is 4.28. The number of amides is 1. The number of benzene rings is 1. The quantitative estimate of drug-likeness (QED) is 0.649. The van der Waals surface area contributed by atoms with Gasteiger partial charge in [0.2, 0.25) is 0 Å². The second-order valence-corrected chi connectivity index (χ2v) is 8.00. The van der Waals surface area contributed by atoms with Crippen LogP contribution >= 0.6 is 0 Å². The Morgan fingerprint density at radius 3 is 2.68 bits per heavy atom. The Balaban J connectivity index is 1.37. The van der Waals surface area contributed by atoms with E-state index in [0.29, 0.717) is 36.8 Å². The number of nitrogens with zero attached hydrogens (tertiary/aromatic N) is 4. The SMILES string of the molecule is Cc1cc(-c2cncnc2)cc(C2CCCN(C(=O)c3ccc4c(c3)OCCO4)C2)n1. The van der Waals surface area contributed by atoms with Crippen LogP contribution < -0.4 is 9.47 Å². The van der Waals surface area contributed by atoms with E-state index in [-0.39, 0.29) is 11.8 Å². The smallest absolute Gasteiger partial charge is 0.254 e. The highest BCUT2D eigenvalue weighted by Gasteiger charge is 2.27. The number of carbonyl (C=O) groups excluding carboxylic acids is 1. The fraction of sp³-hybridized carbons (Fsp3) is 0.333. The van der Waals surface area contributed by atoms with E-state index in [9.17, 15) is 4.79 Å². The van der Waals surface area contributed by atoms with E-state index in [1.54, 1.807) is 6.07 Å². The first-order valence-electron chi connectivity index (χ1n) is 10.6. The van der Waals surface area contributed by atoms with Crippen molar-refractivity contribution in [2.75, 3.05) is 26.3 Å². The van der Waals surface area contributed by atoms with Gasteiger partial charge in [-0.25, -0.2) is 9.97 Å². The molecule has 2 aromatic heterocycles. The van der Waals surface area contributed by atoms with E-state index in [1.807, 2.05) is 42.4 Å². The van der Waals surface area contributed by atoms with Gasteiger partial charge < -0.3 is 14.4 Å². The molecule has 2 aliphatic heterocycles. The Bertz CT molecular complexity index is 1100. The van der Waals surface area contributed by atoms with Gasteiger partial charge in [-0.05, 0) is 55.7 Å². The molecule has 1 saturated heterocycles. The largest absolute Gasteiger partial charge is 0.486 e. The third kappa shape index (κ3) is 4.08. The lowest BCUT2D eigenvalue weighted by atomic mass is 9.92. The molecule has 2 aliphatic rings. The van der Waals surface area contributed by atoms with Crippen molar-refractivity contribution in [3.63, 3.8) is 0 Å². The van der Waals surface area contributed by atoms with Gasteiger partial charge in [0.05, 0.1) is 0 Å². The fourth-order valence-electron chi connectivity index (χ4n) is 4.28. The molecule has 0 radical (unpaired) electrons. The number of hydrogen-bond donors (Lipinski definition) is 0. The number of pyridine rings is 1. The highest BCUT2D eigenvalue weighted by atomic mass is 16.6. The average molecular weight is 416 g/mol. The monoisotopic (exact) mass is 416 g/mol. The number of piperidine rings is 1. The maximum absolute atomic E-state index is 13.2. The minimum absolute atomic E-state index is 0.0195. The Hall–Kier alpha value is -3.48. The summed E-state index contributed by atoms with van der Waals surface area (Å²) in [6.07, 6.45) is 7.10.